The summed E-state index contributed by atoms with van der Waals surface area (Å²) in [5.74, 6) is 0.534. The van der Waals surface area contributed by atoms with E-state index in [0.29, 0.717) is 16.8 Å². The van der Waals surface area contributed by atoms with E-state index in [-0.39, 0.29) is 18.2 Å². The molecule has 0 saturated heterocycles. The first-order chi connectivity index (χ1) is 8.58. The standard InChI is InChI=1S/C14H13NO3/c1-9(16)8-18-11-3-4-13-12(10(2)17)5-6-15-14(13)7-11/h3-7H,8H2,1-2H3. The summed E-state index contributed by atoms with van der Waals surface area (Å²) < 4.78 is 5.30. The minimum atomic E-state index is -0.0412. The van der Waals surface area contributed by atoms with Gasteiger partial charge in [0, 0.05) is 23.2 Å². The number of pyridine rings is 1. The van der Waals surface area contributed by atoms with Crippen molar-refractivity contribution in [2.45, 2.75) is 13.8 Å². The summed E-state index contributed by atoms with van der Waals surface area (Å²) in [5, 5.41) is 0.792. The zero-order valence-electron chi connectivity index (χ0n) is 10.3. The first-order valence-corrected chi connectivity index (χ1v) is 5.60. The molecule has 0 fully saturated rings. The molecule has 0 unspecified atom stereocenters. The van der Waals surface area contributed by atoms with Gasteiger partial charge in [-0.1, -0.05) is 0 Å². The number of fused-ring (bicyclic) bond motifs is 1. The van der Waals surface area contributed by atoms with Crippen molar-refractivity contribution in [2.75, 3.05) is 6.61 Å². The number of carbonyl (C=O) groups excluding carboxylic acids is 2. The van der Waals surface area contributed by atoms with E-state index in [0.717, 1.165) is 5.39 Å². The van der Waals surface area contributed by atoms with Crippen LogP contribution in [0.2, 0.25) is 0 Å². The number of rotatable bonds is 4. The predicted molar refractivity (Wildman–Crippen MR) is 67.9 cm³/mol. The molecule has 2 rings (SSSR count). The Balaban J connectivity index is 2.41. The van der Waals surface area contributed by atoms with Crippen LogP contribution in [0.25, 0.3) is 10.9 Å². The highest BCUT2D eigenvalue weighted by Gasteiger charge is 2.07. The molecule has 0 aliphatic rings. The maximum atomic E-state index is 11.5. The van der Waals surface area contributed by atoms with Crippen molar-refractivity contribution in [1.29, 1.82) is 0 Å². The average Bonchev–Trinajstić information content (AvgIpc) is 2.35. The summed E-state index contributed by atoms with van der Waals surface area (Å²) in [5.41, 5.74) is 1.32. The first-order valence-electron chi connectivity index (χ1n) is 5.60. The number of benzene rings is 1. The van der Waals surface area contributed by atoms with Crippen molar-refractivity contribution in [3.63, 3.8) is 0 Å². The Kier molecular flexibility index (Phi) is 3.37. The summed E-state index contributed by atoms with van der Waals surface area (Å²) >= 11 is 0. The predicted octanol–water partition coefficient (Wildman–Crippen LogP) is 2.41. The lowest BCUT2D eigenvalue weighted by molar-refractivity contribution is -0.118. The molecule has 0 aliphatic carbocycles. The number of Topliss-reactive ketones (excluding diaryl/α,β-unsaturated/α-hetero) is 2. The van der Waals surface area contributed by atoms with Crippen LogP contribution in [0, 0.1) is 0 Å². The summed E-state index contributed by atoms with van der Waals surface area (Å²) in [6.45, 7) is 3.03. The van der Waals surface area contributed by atoms with Gasteiger partial charge in [-0.2, -0.15) is 0 Å². The van der Waals surface area contributed by atoms with Crippen molar-refractivity contribution in [3.05, 3.63) is 36.0 Å². The maximum absolute atomic E-state index is 11.5. The second-order valence-electron chi connectivity index (χ2n) is 4.08. The lowest BCUT2D eigenvalue weighted by Gasteiger charge is -2.06. The van der Waals surface area contributed by atoms with Crippen LogP contribution in [0.3, 0.4) is 0 Å². The van der Waals surface area contributed by atoms with Gasteiger partial charge in [0.15, 0.2) is 11.6 Å². The zero-order chi connectivity index (χ0) is 13.1. The molecule has 0 spiro atoms. The van der Waals surface area contributed by atoms with Crippen molar-refractivity contribution >= 4 is 22.5 Å². The molecule has 0 radical (unpaired) electrons. The Morgan fingerprint density at radius 1 is 1.22 bits per heavy atom. The molecule has 1 aromatic heterocycles. The second kappa shape index (κ2) is 4.96. The SMILES string of the molecule is CC(=O)COc1ccc2c(C(C)=O)ccnc2c1. The number of carbonyl (C=O) groups is 2. The maximum Gasteiger partial charge on any atom is 0.167 e. The Bertz CT molecular complexity index is 619. The fourth-order valence-electron chi connectivity index (χ4n) is 1.71. The fraction of sp³-hybridized carbons (Fsp3) is 0.214. The van der Waals surface area contributed by atoms with Gasteiger partial charge in [0.1, 0.15) is 12.4 Å². The summed E-state index contributed by atoms with van der Waals surface area (Å²) in [7, 11) is 0. The number of ketones is 2. The average molecular weight is 243 g/mol. The van der Waals surface area contributed by atoms with Gasteiger partial charge >= 0.3 is 0 Å². The van der Waals surface area contributed by atoms with Crippen molar-refractivity contribution in [1.82, 2.24) is 4.98 Å². The largest absolute Gasteiger partial charge is 0.486 e. The number of hydrogen-bond acceptors (Lipinski definition) is 4. The summed E-state index contributed by atoms with van der Waals surface area (Å²) in [4.78, 5) is 26.5. The topological polar surface area (TPSA) is 56.3 Å². The molecule has 18 heavy (non-hydrogen) atoms. The minimum absolute atomic E-state index is 0.000181. The molecule has 0 N–H and O–H groups in total. The fourth-order valence-corrected chi connectivity index (χ4v) is 1.71. The Labute approximate surface area is 105 Å². The van der Waals surface area contributed by atoms with Crippen LogP contribution in [0.1, 0.15) is 24.2 Å². The molecule has 4 heteroatoms. The summed E-state index contributed by atoms with van der Waals surface area (Å²) in [6, 6.07) is 6.94. The summed E-state index contributed by atoms with van der Waals surface area (Å²) in [6.07, 6.45) is 1.59. The Morgan fingerprint density at radius 2 is 2.00 bits per heavy atom. The van der Waals surface area contributed by atoms with Gasteiger partial charge in [-0.3, -0.25) is 14.6 Å². The molecule has 0 saturated carbocycles. The quantitative estimate of drug-likeness (QED) is 0.774. The number of ether oxygens (including phenoxy) is 1. The molecular weight excluding hydrogens is 230 g/mol. The number of hydrogen-bond donors (Lipinski definition) is 0. The molecule has 1 heterocycles. The molecular formula is C14H13NO3. The molecule has 2 aromatic rings. The van der Waals surface area contributed by atoms with Gasteiger partial charge < -0.3 is 4.74 Å². The van der Waals surface area contributed by atoms with Gasteiger partial charge in [0.2, 0.25) is 0 Å². The smallest absolute Gasteiger partial charge is 0.167 e. The minimum Gasteiger partial charge on any atom is -0.486 e. The molecule has 0 atom stereocenters. The third kappa shape index (κ3) is 2.53. The zero-order valence-corrected chi connectivity index (χ0v) is 10.3. The van der Waals surface area contributed by atoms with Crippen LogP contribution < -0.4 is 4.74 Å². The van der Waals surface area contributed by atoms with E-state index in [9.17, 15) is 9.59 Å². The highest BCUT2D eigenvalue weighted by atomic mass is 16.5. The van der Waals surface area contributed by atoms with Crippen molar-refractivity contribution in [3.8, 4) is 5.75 Å². The lowest BCUT2D eigenvalue weighted by Crippen LogP contribution is -2.06. The van der Waals surface area contributed by atoms with Crippen LogP contribution in [0.5, 0.6) is 5.75 Å². The third-order valence-electron chi connectivity index (χ3n) is 2.54. The molecule has 92 valence electrons. The van der Waals surface area contributed by atoms with E-state index < -0.39 is 0 Å². The lowest BCUT2D eigenvalue weighted by atomic mass is 10.1. The molecule has 0 amide bonds. The molecule has 0 aliphatic heterocycles. The van der Waals surface area contributed by atoms with Gasteiger partial charge in [-0.25, -0.2) is 0 Å². The van der Waals surface area contributed by atoms with Gasteiger partial charge in [-0.15, -0.1) is 0 Å². The van der Waals surface area contributed by atoms with Crippen LogP contribution in [-0.4, -0.2) is 23.2 Å². The van der Waals surface area contributed by atoms with Crippen LogP contribution in [-0.2, 0) is 4.79 Å². The van der Waals surface area contributed by atoms with E-state index in [1.165, 1.54) is 13.8 Å². The Morgan fingerprint density at radius 3 is 2.67 bits per heavy atom. The van der Waals surface area contributed by atoms with Crippen molar-refractivity contribution in [2.24, 2.45) is 0 Å². The van der Waals surface area contributed by atoms with Gasteiger partial charge in [0.05, 0.1) is 5.52 Å². The molecule has 4 nitrogen and oxygen atoms in total. The second-order valence-corrected chi connectivity index (χ2v) is 4.08. The Hall–Kier alpha value is -2.23. The third-order valence-corrected chi connectivity index (χ3v) is 2.54. The van der Waals surface area contributed by atoms with Crippen LogP contribution in [0.15, 0.2) is 30.5 Å². The first kappa shape index (κ1) is 12.2. The number of aromatic nitrogens is 1. The van der Waals surface area contributed by atoms with E-state index in [2.05, 4.69) is 4.98 Å². The van der Waals surface area contributed by atoms with Crippen LogP contribution in [0.4, 0.5) is 0 Å². The van der Waals surface area contributed by atoms with E-state index in [1.54, 1.807) is 30.5 Å². The number of nitrogens with zero attached hydrogens (tertiary/aromatic N) is 1. The molecule has 0 bridgehead atoms. The van der Waals surface area contributed by atoms with E-state index >= 15 is 0 Å². The monoisotopic (exact) mass is 243 g/mol. The molecule has 1 aromatic carbocycles. The highest BCUT2D eigenvalue weighted by molar-refractivity contribution is 6.06. The van der Waals surface area contributed by atoms with Crippen molar-refractivity contribution < 1.29 is 14.3 Å². The van der Waals surface area contributed by atoms with E-state index in [4.69, 9.17) is 4.74 Å². The normalized spacial score (nSPS) is 10.3. The van der Waals surface area contributed by atoms with E-state index in [1.807, 2.05) is 0 Å². The van der Waals surface area contributed by atoms with Gasteiger partial charge in [-0.05, 0) is 32.0 Å². The van der Waals surface area contributed by atoms with Crippen LogP contribution >= 0.6 is 0 Å². The highest BCUT2D eigenvalue weighted by Crippen LogP contribution is 2.22. The van der Waals surface area contributed by atoms with Gasteiger partial charge in [0.25, 0.3) is 0 Å².